The fourth-order valence-corrected chi connectivity index (χ4v) is 2.21. The molecule has 0 saturated heterocycles. The van der Waals surface area contributed by atoms with E-state index in [1.54, 1.807) is 25.3 Å². The zero-order valence-corrected chi connectivity index (χ0v) is 14.8. The monoisotopic (exact) mass is 362 g/mol. The van der Waals surface area contributed by atoms with Gasteiger partial charge in [0, 0.05) is 13.1 Å². The molecule has 0 atom stereocenters. The normalized spacial score (nSPS) is 9.80. The van der Waals surface area contributed by atoms with Crippen LogP contribution in [0.15, 0.2) is 55.1 Å². The molecule has 6 heteroatoms. The minimum absolute atomic E-state index is 0. The van der Waals surface area contributed by atoms with E-state index in [0.717, 1.165) is 11.1 Å². The van der Waals surface area contributed by atoms with Crippen molar-refractivity contribution in [3.63, 3.8) is 0 Å². The third-order valence-electron chi connectivity index (χ3n) is 3.44. The van der Waals surface area contributed by atoms with E-state index >= 15 is 0 Å². The van der Waals surface area contributed by atoms with Crippen LogP contribution in [0.4, 0.5) is 0 Å². The summed E-state index contributed by atoms with van der Waals surface area (Å²) in [5, 5.41) is 12.2. The molecule has 134 valence electrons. The smallest absolute Gasteiger partial charge is 0.335 e. The van der Waals surface area contributed by atoms with Gasteiger partial charge in [-0.25, -0.2) is 4.79 Å². The van der Waals surface area contributed by atoms with Gasteiger partial charge in [-0.05, 0) is 35.4 Å². The number of benzene rings is 2. The summed E-state index contributed by atoms with van der Waals surface area (Å²) in [7, 11) is 1.61. The van der Waals surface area contributed by atoms with Gasteiger partial charge in [0.05, 0.1) is 12.7 Å². The van der Waals surface area contributed by atoms with Gasteiger partial charge < -0.3 is 32.3 Å². The first-order valence-electron chi connectivity index (χ1n) is 7.57. The first kappa shape index (κ1) is 20.5. The number of hydrogen-bond donors (Lipinski definition) is 2. The van der Waals surface area contributed by atoms with E-state index in [1.807, 2.05) is 30.3 Å². The summed E-state index contributed by atoms with van der Waals surface area (Å²) in [6.07, 6.45) is 1.69. The van der Waals surface area contributed by atoms with Crippen LogP contribution in [0.5, 0.6) is 11.5 Å². The summed E-state index contributed by atoms with van der Waals surface area (Å²) >= 11 is 0. The van der Waals surface area contributed by atoms with Crippen LogP contribution in [-0.2, 0) is 13.1 Å². The molecule has 2 aromatic carbocycles. The second-order valence-electron chi connectivity index (χ2n) is 5.19. The summed E-state index contributed by atoms with van der Waals surface area (Å²) in [6, 6.07) is 12.6. The number of aromatic carboxylic acids is 1. The Hall–Kier alpha value is -2.50. The average molecular weight is 363 g/mol. The number of rotatable bonds is 9. The lowest BCUT2D eigenvalue weighted by atomic mass is 10.1. The van der Waals surface area contributed by atoms with E-state index in [1.165, 1.54) is 0 Å². The predicted octanol–water partition coefficient (Wildman–Crippen LogP) is 0.252. The van der Waals surface area contributed by atoms with Crippen molar-refractivity contribution in [1.82, 2.24) is 5.32 Å². The van der Waals surface area contributed by atoms with Crippen LogP contribution < -0.4 is 27.2 Å². The lowest BCUT2D eigenvalue weighted by Gasteiger charge is -2.11. The maximum Gasteiger partial charge on any atom is 0.335 e. The molecule has 0 heterocycles. The molecule has 0 fully saturated rings. The van der Waals surface area contributed by atoms with Crippen molar-refractivity contribution in [2.45, 2.75) is 13.1 Å². The first-order chi connectivity index (χ1) is 11.6. The summed E-state index contributed by atoms with van der Waals surface area (Å²) in [4.78, 5) is 10.8. The SMILES string of the molecule is C=CCOc1ccc(CNCc2ccc(C(=O)O)cc2)cc1OC.[Cl-]. The fraction of sp³-hybridized carbons (Fsp3) is 0.211. The van der Waals surface area contributed by atoms with Crippen molar-refractivity contribution in [3.8, 4) is 11.5 Å². The predicted molar refractivity (Wildman–Crippen MR) is 92.6 cm³/mol. The summed E-state index contributed by atoms with van der Waals surface area (Å²) < 4.78 is 10.9. The molecule has 0 aliphatic carbocycles. The van der Waals surface area contributed by atoms with E-state index in [0.29, 0.717) is 36.8 Å². The summed E-state index contributed by atoms with van der Waals surface area (Å²) in [5.74, 6) is 0.452. The van der Waals surface area contributed by atoms with Crippen molar-refractivity contribution < 1.29 is 31.8 Å². The molecule has 0 aromatic heterocycles. The van der Waals surface area contributed by atoms with E-state index < -0.39 is 5.97 Å². The van der Waals surface area contributed by atoms with Gasteiger partial charge in [0.25, 0.3) is 0 Å². The molecule has 0 aliphatic rings. The van der Waals surface area contributed by atoms with Crippen LogP contribution >= 0.6 is 0 Å². The Balaban J connectivity index is 0.00000312. The highest BCUT2D eigenvalue weighted by atomic mass is 35.5. The van der Waals surface area contributed by atoms with Gasteiger partial charge in [0.15, 0.2) is 11.5 Å². The number of carboxylic acids is 1. The van der Waals surface area contributed by atoms with E-state index in [-0.39, 0.29) is 12.4 Å². The third kappa shape index (κ3) is 6.14. The number of nitrogens with one attached hydrogen (secondary N) is 1. The average Bonchev–Trinajstić information content (AvgIpc) is 2.60. The highest BCUT2D eigenvalue weighted by Gasteiger charge is 2.06. The molecule has 0 amide bonds. The quantitative estimate of drug-likeness (QED) is 0.626. The van der Waals surface area contributed by atoms with Crippen LogP contribution in [0.2, 0.25) is 0 Å². The fourth-order valence-electron chi connectivity index (χ4n) is 2.21. The highest BCUT2D eigenvalue weighted by Crippen LogP contribution is 2.28. The molecule has 25 heavy (non-hydrogen) atoms. The Morgan fingerprint density at radius 2 is 1.76 bits per heavy atom. The van der Waals surface area contributed by atoms with Crippen LogP contribution in [0.3, 0.4) is 0 Å². The minimum Gasteiger partial charge on any atom is -1.00 e. The van der Waals surface area contributed by atoms with Crippen molar-refractivity contribution in [2.75, 3.05) is 13.7 Å². The minimum atomic E-state index is -0.916. The Morgan fingerprint density at radius 3 is 2.36 bits per heavy atom. The van der Waals surface area contributed by atoms with Crippen LogP contribution in [0.1, 0.15) is 21.5 Å². The van der Waals surface area contributed by atoms with Crippen LogP contribution in [0.25, 0.3) is 0 Å². The molecular formula is C19H21ClNO4-. The van der Waals surface area contributed by atoms with Gasteiger partial charge in [-0.1, -0.05) is 30.9 Å². The second-order valence-corrected chi connectivity index (χ2v) is 5.19. The molecule has 0 unspecified atom stereocenters. The Labute approximate surface area is 153 Å². The Bertz CT molecular complexity index is 701. The van der Waals surface area contributed by atoms with Crippen molar-refractivity contribution in [1.29, 1.82) is 0 Å². The highest BCUT2D eigenvalue weighted by molar-refractivity contribution is 5.87. The topological polar surface area (TPSA) is 67.8 Å². The van der Waals surface area contributed by atoms with Gasteiger partial charge in [-0.2, -0.15) is 0 Å². The van der Waals surface area contributed by atoms with Crippen molar-refractivity contribution >= 4 is 5.97 Å². The summed E-state index contributed by atoms with van der Waals surface area (Å²) in [6.45, 7) is 5.37. The maximum atomic E-state index is 10.8. The molecule has 0 saturated carbocycles. The van der Waals surface area contributed by atoms with E-state index in [2.05, 4.69) is 11.9 Å². The molecule has 2 rings (SSSR count). The van der Waals surface area contributed by atoms with E-state index in [4.69, 9.17) is 14.6 Å². The largest absolute Gasteiger partial charge is 1.00 e. The van der Waals surface area contributed by atoms with Gasteiger partial charge >= 0.3 is 5.97 Å². The van der Waals surface area contributed by atoms with Gasteiger partial charge in [-0.3, -0.25) is 0 Å². The molecule has 2 N–H and O–H groups in total. The van der Waals surface area contributed by atoms with Crippen LogP contribution in [-0.4, -0.2) is 24.8 Å². The number of ether oxygens (including phenoxy) is 2. The first-order valence-corrected chi connectivity index (χ1v) is 7.57. The Kier molecular flexibility index (Phi) is 8.53. The zero-order chi connectivity index (χ0) is 17.4. The number of methoxy groups -OCH3 is 1. The van der Waals surface area contributed by atoms with Gasteiger partial charge in [-0.15, -0.1) is 0 Å². The lowest BCUT2D eigenvalue weighted by Crippen LogP contribution is -3.00. The lowest BCUT2D eigenvalue weighted by molar-refractivity contribution is -0.0000210. The maximum absolute atomic E-state index is 10.8. The van der Waals surface area contributed by atoms with Gasteiger partial charge in [0.1, 0.15) is 6.61 Å². The number of carbonyl (C=O) groups is 1. The molecule has 0 bridgehead atoms. The summed E-state index contributed by atoms with van der Waals surface area (Å²) in [5.41, 5.74) is 2.39. The van der Waals surface area contributed by atoms with Crippen molar-refractivity contribution in [3.05, 3.63) is 71.8 Å². The second kappa shape index (κ2) is 10.4. The number of hydrogen-bond acceptors (Lipinski definition) is 4. The number of halogens is 1. The zero-order valence-electron chi connectivity index (χ0n) is 14.0. The standard InChI is InChI=1S/C19H21NO4.ClH/c1-3-10-24-17-9-6-15(11-18(17)23-2)13-20-12-14-4-7-16(8-5-14)19(21)22;/h3-9,11,20H,1,10,12-13H2,2H3,(H,21,22);1H/p-1. The van der Waals surface area contributed by atoms with Crippen LogP contribution in [0, 0.1) is 0 Å². The molecule has 0 aliphatic heterocycles. The third-order valence-corrected chi connectivity index (χ3v) is 3.44. The van der Waals surface area contributed by atoms with E-state index in [9.17, 15) is 4.79 Å². The Morgan fingerprint density at radius 1 is 1.12 bits per heavy atom. The molecule has 2 aromatic rings. The number of carboxylic acid groups (broad SMARTS) is 1. The van der Waals surface area contributed by atoms with Crippen molar-refractivity contribution in [2.24, 2.45) is 0 Å². The molecule has 5 nitrogen and oxygen atoms in total. The molecule has 0 spiro atoms. The molecular weight excluding hydrogens is 342 g/mol. The molecule has 0 radical (unpaired) electrons. The van der Waals surface area contributed by atoms with Gasteiger partial charge in [0.2, 0.25) is 0 Å².